The van der Waals surface area contributed by atoms with Crippen LogP contribution in [0.1, 0.15) is 169 Å². The summed E-state index contributed by atoms with van der Waals surface area (Å²) in [6.07, 6.45) is 15.8. The topological polar surface area (TPSA) is 28.4 Å². The van der Waals surface area contributed by atoms with Gasteiger partial charge in [-0.25, -0.2) is 0 Å². The fourth-order valence-electron chi connectivity index (χ4n) is 21.1. The minimum Gasteiger partial charge on any atom is -0.356 e. The van der Waals surface area contributed by atoms with Crippen molar-refractivity contribution in [1.29, 1.82) is 0 Å². The molecule has 1 radical (unpaired) electrons. The van der Waals surface area contributed by atoms with Gasteiger partial charge in [0.25, 0.3) is 0 Å². The lowest BCUT2D eigenvalue weighted by Crippen LogP contribution is -2.38. The van der Waals surface area contributed by atoms with Crippen LogP contribution in [-0.4, -0.2) is 16.4 Å². The third kappa shape index (κ3) is 9.91. The molecule has 114 heavy (non-hydrogen) atoms. The van der Waals surface area contributed by atoms with Gasteiger partial charge in [0.05, 0.1) is 67.4 Å². The van der Waals surface area contributed by atoms with Gasteiger partial charge < -0.3 is 24.3 Å². The molecule has 12 aromatic carbocycles. The molecular formula is C108H95BN5. The van der Waals surface area contributed by atoms with E-state index >= 15 is 0 Å². The Bertz CT molecular complexity index is 6490. The van der Waals surface area contributed by atoms with Crippen LogP contribution in [0.4, 0.5) is 34.1 Å². The highest BCUT2D eigenvalue weighted by Gasteiger charge is 2.56. The van der Waals surface area contributed by atoms with E-state index in [2.05, 4.69) is 406 Å². The summed E-state index contributed by atoms with van der Waals surface area (Å²) in [6.45, 7) is 37.0. The van der Waals surface area contributed by atoms with E-state index in [1.807, 2.05) is 6.08 Å². The van der Waals surface area contributed by atoms with Crippen molar-refractivity contribution in [2.75, 3.05) is 15.1 Å². The first kappa shape index (κ1) is 69.8. The summed E-state index contributed by atoms with van der Waals surface area (Å²) < 4.78 is 5.37. The number of anilines is 6. The van der Waals surface area contributed by atoms with Crippen LogP contribution in [0.15, 0.2) is 321 Å². The van der Waals surface area contributed by atoms with E-state index in [4.69, 9.17) is 6.58 Å². The number of benzene rings is 12. The molecule has 3 aliphatic heterocycles. The van der Waals surface area contributed by atoms with E-state index in [9.17, 15) is 0 Å². The molecule has 5 heterocycles. The van der Waals surface area contributed by atoms with Gasteiger partial charge in [-0.2, -0.15) is 0 Å². The second-order valence-electron chi connectivity index (χ2n) is 37.1. The van der Waals surface area contributed by atoms with Crippen LogP contribution in [0.2, 0.25) is 0 Å². The molecule has 0 saturated heterocycles. The van der Waals surface area contributed by atoms with Gasteiger partial charge in [0, 0.05) is 38.7 Å². The van der Waals surface area contributed by atoms with Crippen molar-refractivity contribution in [1.82, 2.24) is 9.13 Å². The Hall–Kier alpha value is -12.1. The van der Waals surface area contributed by atoms with Crippen LogP contribution >= 0.6 is 0 Å². The molecule has 4 aliphatic carbocycles. The van der Waals surface area contributed by atoms with E-state index < -0.39 is 10.8 Å². The second kappa shape index (κ2) is 24.7. The van der Waals surface area contributed by atoms with Crippen LogP contribution < -0.4 is 26.0 Å². The predicted molar refractivity (Wildman–Crippen MR) is 482 cm³/mol. The van der Waals surface area contributed by atoms with Crippen molar-refractivity contribution in [3.8, 4) is 33.6 Å². The number of nitrogens with zero attached hydrogens (tertiary/aromatic N) is 4. The van der Waals surface area contributed by atoms with Crippen molar-refractivity contribution in [2.24, 2.45) is 16.7 Å². The Morgan fingerprint density at radius 2 is 0.921 bits per heavy atom. The Labute approximate surface area is 672 Å². The summed E-state index contributed by atoms with van der Waals surface area (Å²) in [6, 6.07) is 98.8. The standard InChI is InChI=1S/C108H95BN5/c1-15-67(103(3,4)5)34-32-35-68(104(6,7)8)55-54-65(2)110-89-63-71(64-96-99(89)109-88-62-70(106(12,13)14)61-79-78-60-69(105(9,10)11)56-57-90(78)114(96)100(79)88)111-101-76(40-33-53-95(101)112-91-49-28-24-45-84(91)107(85-46-25-29-50-92(85)112)80-41-20-16-36-72(80)73-37-17-21-42-81(73)107)98-77-58-66(77)59-97(102(98)111)113-93-51-30-26-47-86(93)108(87-48-27-31-52-94(87)113)82-43-22-18-38-74(82)75-39-19-23-44-83(75)108/h15-31,33-57,59-64,66,77,110H,1-2,32,58H2,3-14H3/b55-54-,67-34+,68-35+. The zero-order valence-corrected chi connectivity index (χ0v) is 67.6. The van der Waals surface area contributed by atoms with Gasteiger partial charge in [0.1, 0.15) is 0 Å². The number of nitrogens with one attached hydrogen (secondary N) is 1. The fourth-order valence-corrected chi connectivity index (χ4v) is 21.1. The van der Waals surface area contributed by atoms with E-state index in [1.165, 1.54) is 150 Å². The highest BCUT2D eigenvalue weighted by molar-refractivity contribution is 6.73. The molecule has 7 aliphatic rings. The zero-order valence-electron chi connectivity index (χ0n) is 67.6. The highest BCUT2D eigenvalue weighted by atomic mass is 15.2. The maximum Gasteiger partial charge on any atom is 0.199 e. The third-order valence-corrected chi connectivity index (χ3v) is 26.4. The number of fused-ring (bicyclic) bond motifs is 28. The number of hydrogen-bond acceptors (Lipinski definition) is 3. The Morgan fingerprint density at radius 1 is 0.447 bits per heavy atom. The first-order chi connectivity index (χ1) is 55.0. The molecular weight excluding hydrogens is 1380 g/mol. The molecule has 5 nitrogen and oxygen atoms in total. The molecule has 1 N–H and O–H groups in total. The lowest BCUT2D eigenvalue weighted by atomic mass is 9.59. The van der Waals surface area contributed by atoms with Crippen molar-refractivity contribution < 1.29 is 0 Å². The smallest absolute Gasteiger partial charge is 0.199 e. The Morgan fingerprint density at radius 3 is 1.43 bits per heavy atom. The van der Waals surface area contributed by atoms with Crippen LogP contribution in [-0.2, 0) is 21.7 Å². The lowest BCUT2D eigenvalue weighted by Gasteiger charge is -2.46. The third-order valence-electron chi connectivity index (χ3n) is 26.4. The number of allylic oxidation sites excluding steroid dienone is 8. The molecule has 0 amide bonds. The largest absolute Gasteiger partial charge is 0.356 e. The predicted octanol–water partition coefficient (Wildman–Crippen LogP) is 26.4. The van der Waals surface area contributed by atoms with Gasteiger partial charge in [-0.05, 0) is 213 Å². The van der Waals surface area contributed by atoms with E-state index in [1.54, 1.807) is 0 Å². The Balaban J connectivity index is 0.866. The van der Waals surface area contributed by atoms with Gasteiger partial charge in [-0.1, -0.05) is 326 Å². The van der Waals surface area contributed by atoms with E-state index in [0.717, 1.165) is 63.6 Å². The van der Waals surface area contributed by atoms with Crippen molar-refractivity contribution in [3.63, 3.8) is 0 Å². The zero-order chi connectivity index (χ0) is 78.0. The average Bonchev–Trinajstić information content (AvgIpc) is 1.49. The summed E-state index contributed by atoms with van der Waals surface area (Å²) in [7, 11) is 2.49. The van der Waals surface area contributed by atoms with Gasteiger partial charge in [0.2, 0.25) is 0 Å². The first-order valence-corrected chi connectivity index (χ1v) is 41.1. The van der Waals surface area contributed by atoms with Gasteiger partial charge in [-0.3, -0.25) is 0 Å². The fraction of sp³-hybridized carbons (Fsp3) is 0.204. The summed E-state index contributed by atoms with van der Waals surface area (Å²) in [5, 5.41) is 7.95. The van der Waals surface area contributed by atoms with E-state index in [-0.39, 0.29) is 27.6 Å². The molecule has 0 bridgehead atoms. The van der Waals surface area contributed by atoms with E-state index in [0.29, 0.717) is 5.92 Å². The SMILES string of the molecule is C=C/C(=C\C/C=C(\C=C/C(=C)Nc1cc(-n2c3c(c4cccc(N5c6ccccc6C6(c7ccccc7-c7ccccc76)c6ccccc65)c42)C2CC2C=C3N2c3ccccc3C3(c4ccccc4-c4ccccc43)c3ccccc32)cc2c1[B]c1cc(C(C)(C)C)cc3c4cc(C(C)(C)C)ccc4n-2c13)C(C)(C)C)C(C)(C)C. The summed E-state index contributed by atoms with van der Waals surface area (Å²) in [4.78, 5) is 5.34. The molecule has 21 rings (SSSR count). The molecule has 1 saturated carbocycles. The van der Waals surface area contributed by atoms with Crippen LogP contribution in [0, 0.1) is 16.7 Å². The summed E-state index contributed by atoms with van der Waals surface area (Å²) >= 11 is 0. The monoisotopic (exact) mass is 1470 g/mol. The molecule has 2 spiro atoms. The minimum atomic E-state index is -0.605. The molecule has 14 aromatic rings. The number of hydrogen-bond donors (Lipinski definition) is 1. The highest BCUT2D eigenvalue weighted by Crippen LogP contribution is 2.68. The molecule has 2 aromatic heterocycles. The number of rotatable bonds is 10. The maximum absolute atomic E-state index is 4.99. The van der Waals surface area contributed by atoms with Gasteiger partial charge in [0.15, 0.2) is 7.28 Å². The molecule has 6 heteroatoms. The average molecular weight is 1470 g/mol. The van der Waals surface area contributed by atoms with Crippen molar-refractivity contribution >= 4 is 90.7 Å². The first-order valence-electron chi connectivity index (χ1n) is 41.1. The van der Waals surface area contributed by atoms with Crippen LogP contribution in [0.5, 0.6) is 0 Å². The van der Waals surface area contributed by atoms with Gasteiger partial charge in [-0.15, -0.1) is 0 Å². The molecule has 2 unspecified atom stereocenters. The number of para-hydroxylation sites is 5. The normalized spacial score (nSPS) is 17.0. The summed E-state index contributed by atoms with van der Waals surface area (Å²) in [5.41, 5.74) is 38.3. The van der Waals surface area contributed by atoms with Crippen LogP contribution in [0.25, 0.3) is 72.0 Å². The maximum atomic E-state index is 4.99. The van der Waals surface area contributed by atoms with Crippen molar-refractivity contribution in [3.05, 3.63) is 388 Å². The Kier molecular flexibility index (Phi) is 15.1. The number of aromatic nitrogens is 2. The molecule has 2 atom stereocenters. The van der Waals surface area contributed by atoms with Crippen molar-refractivity contribution in [2.45, 2.75) is 124 Å². The summed E-state index contributed by atoms with van der Waals surface area (Å²) in [5.74, 6) is 0.577. The quantitative estimate of drug-likeness (QED) is 0.109. The molecule has 555 valence electrons. The van der Waals surface area contributed by atoms with Crippen LogP contribution in [0.3, 0.4) is 0 Å². The second-order valence-corrected chi connectivity index (χ2v) is 37.1. The minimum absolute atomic E-state index is 0.0149. The lowest BCUT2D eigenvalue weighted by molar-refractivity contribution is 0.512. The molecule has 1 fully saturated rings. The van der Waals surface area contributed by atoms with Gasteiger partial charge >= 0.3 is 0 Å².